The summed E-state index contributed by atoms with van der Waals surface area (Å²) in [5.74, 6) is -0.398. The molecule has 0 spiro atoms. The Bertz CT molecular complexity index is 433. The summed E-state index contributed by atoms with van der Waals surface area (Å²) in [6, 6.07) is 4.80. The van der Waals surface area contributed by atoms with Crippen molar-refractivity contribution < 1.29 is 9.53 Å². The maximum absolute atomic E-state index is 11.9. The number of halogens is 2. The van der Waals surface area contributed by atoms with Crippen molar-refractivity contribution in [2.24, 2.45) is 0 Å². The highest BCUT2D eigenvalue weighted by molar-refractivity contribution is 6.35. The zero-order valence-corrected chi connectivity index (χ0v) is 14.2. The molecule has 4 heteroatoms. The lowest BCUT2D eigenvalue weighted by Crippen LogP contribution is -2.07. The van der Waals surface area contributed by atoms with E-state index in [9.17, 15) is 4.79 Å². The molecule has 21 heavy (non-hydrogen) atoms. The van der Waals surface area contributed by atoms with E-state index in [-0.39, 0.29) is 0 Å². The van der Waals surface area contributed by atoms with Crippen molar-refractivity contribution >= 4 is 29.2 Å². The van der Waals surface area contributed by atoms with Gasteiger partial charge in [-0.3, -0.25) is 0 Å². The van der Waals surface area contributed by atoms with Crippen LogP contribution in [-0.2, 0) is 4.74 Å². The first kappa shape index (κ1) is 18.3. The average molecular weight is 331 g/mol. The van der Waals surface area contributed by atoms with Crippen molar-refractivity contribution in [1.29, 1.82) is 0 Å². The van der Waals surface area contributed by atoms with E-state index < -0.39 is 5.97 Å². The lowest BCUT2D eigenvalue weighted by molar-refractivity contribution is 0.0498. The number of unbranched alkanes of at least 4 members (excludes halogenated alkanes) is 7. The van der Waals surface area contributed by atoms with Gasteiger partial charge in [-0.2, -0.15) is 0 Å². The number of rotatable bonds is 10. The zero-order valence-electron chi connectivity index (χ0n) is 12.7. The van der Waals surface area contributed by atoms with Crippen molar-refractivity contribution in [2.45, 2.75) is 58.3 Å². The number of ether oxygens (including phenoxy) is 1. The van der Waals surface area contributed by atoms with Gasteiger partial charge in [-0.15, -0.1) is 0 Å². The monoisotopic (exact) mass is 330 g/mol. The fourth-order valence-corrected chi connectivity index (χ4v) is 2.50. The fourth-order valence-electron chi connectivity index (χ4n) is 2.13. The minimum absolute atomic E-state index is 0.337. The largest absolute Gasteiger partial charge is 0.462 e. The third-order valence-corrected chi connectivity index (χ3v) is 3.94. The van der Waals surface area contributed by atoms with Crippen LogP contribution in [0.2, 0.25) is 10.0 Å². The van der Waals surface area contributed by atoms with E-state index in [1.807, 2.05) is 0 Å². The third kappa shape index (κ3) is 7.73. The summed E-state index contributed by atoms with van der Waals surface area (Å²) in [7, 11) is 0. The lowest BCUT2D eigenvalue weighted by Gasteiger charge is -2.06. The lowest BCUT2D eigenvalue weighted by atomic mass is 10.1. The second-order valence-electron chi connectivity index (χ2n) is 5.23. The molecule has 0 heterocycles. The van der Waals surface area contributed by atoms with Gasteiger partial charge in [0.25, 0.3) is 0 Å². The second kappa shape index (κ2) is 10.9. The Morgan fingerprint density at radius 1 is 1.00 bits per heavy atom. The highest BCUT2D eigenvalue weighted by Crippen LogP contribution is 2.21. The van der Waals surface area contributed by atoms with Crippen LogP contribution in [0.25, 0.3) is 0 Å². The molecule has 118 valence electrons. The van der Waals surface area contributed by atoms with Crippen LogP contribution in [0.3, 0.4) is 0 Å². The van der Waals surface area contributed by atoms with Crippen molar-refractivity contribution in [3.8, 4) is 0 Å². The maximum Gasteiger partial charge on any atom is 0.339 e. The van der Waals surface area contributed by atoms with Gasteiger partial charge in [0.15, 0.2) is 0 Å². The zero-order chi connectivity index (χ0) is 15.5. The highest BCUT2D eigenvalue weighted by Gasteiger charge is 2.12. The molecule has 1 aromatic carbocycles. The van der Waals surface area contributed by atoms with E-state index >= 15 is 0 Å². The molecule has 0 aliphatic rings. The van der Waals surface area contributed by atoms with Crippen LogP contribution in [-0.4, -0.2) is 12.6 Å². The van der Waals surface area contributed by atoms with Crippen LogP contribution >= 0.6 is 23.2 Å². The molecule has 0 unspecified atom stereocenters. The van der Waals surface area contributed by atoms with Crippen LogP contribution in [0.5, 0.6) is 0 Å². The molecular formula is C17H24Cl2O2. The normalized spacial score (nSPS) is 10.6. The molecule has 0 amide bonds. The Kier molecular flexibility index (Phi) is 9.53. The quantitative estimate of drug-likeness (QED) is 0.372. The second-order valence-corrected chi connectivity index (χ2v) is 6.08. The van der Waals surface area contributed by atoms with Crippen LogP contribution in [0, 0.1) is 0 Å². The first-order valence-corrected chi connectivity index (χ1v) is 8.53. The standard InChI is InChI=1S/C17H24Cl2O2/c1-2-3-4-5-6-7-8-9-12-21-17(20)15-13-14(18)10-11-16(15)19/h10-11,13H,2-9,12H2,1H3. The topological polar surface area (TPSA) is 26.3 Å². The third-order valence-electron chi connectivity index (χ3n) is 3.38. The molecule has 1 rings (SSSR count). The number of carbonyl (C=O) groups is 1. The Morgan fingerprint density at radius 2 is 1.62 bits per heavy atom. The van der Waals surface area contributed by atoms with Crippen molar-refractivity contribution in [3.05, 3.63) is 33.8 Å². The Hall–Kier alpha value is -0.730. The average Bonchev–Trinajstić information content (AvgIpc) is 2.48. The van der Waals surface area contributed by atoms with Crippen molar-refractivity contribution in [2.75, 3.05) is 6.61 Å². The molecule has 1 aromatic rings. The number of hydrogen-bond donors (Lipinski definition) is 0. The van der Waals surface area contributed by atoms with Gasteiger partial charge in [0.2, 0.25) is 0 Å². The van der Waals surface area contributed by atoms with E-state index in [1.165, 1.54) is 38.5 Å². The van der Waals surface area contributed by atoms with E-state index in [2.05, 4.69) is 6.92 Å². The number of esters is 1. The van der Waals surface area contributed by atoms with Crippen LogP contribution in [0.1, 0.15) is 68.6 Å². The molecule has 0 atom stereocenters. The molecule has 2 nitrogen and oxygen atoms in total. The predicted octanol–water partition coefficient (Wildman–Crippen LogP) is 6.29. The number of benzene rings is 1. The minimum Gasteiger partial charge on any atom is -0.462 e. The van der Waals surface area contributed by atoms with Gasteiger partial charge in [0.05, 0.1) is 17.2 Å². The van der Waals surface area contributed by atoms with Crippen molar-refractivity contribution in [1.82, 2.24) is 0 Å². The van der Waals surface area contributed by atoms with Gasteiger partial charge in [-0.1, -0.05) is 75.1 Å². The summed E-state index contributed by atoms with van der Waals surface area (Å²) in [4.78, 5) is 11.9. The number of carbonyl (C=O) groups excluding carboxylic acids is 1. The van der Waals surface area contributed by atoms with Gasteiger partial charge >= 0.3 is 5.97 Å². The summed E-state index contributed by atoms with van der Waals surface area (Å²) in [5, 5.41) is 0.860. The predicted molar refractivity (Wildman–Crippen MR) is 89.4 cm³/mol. The molecule has 0 fully saturated rings. The van der Waals surface area contributed by atoms with Crippen molar-refractivity contribution in [3.63, 3.8) is 0 Å². The highest BCUT2D eigenvalue weighted by atomic mass is 35.5. The molecule has 0 saturated heterocycles. The molecule has 0 aliphatic carbocycles. The van der Waals surface area contributed by atoms with Gasteiger partial charge < -0.3 is 4.74 Å². The summed E-state index contributed by atoms with van der Waals surface area (Å²) in [6.45, 7) is 2.66. The minimum atomic E-state index is -0.398. The summed E-state index contributed by atoms with van der Waals surface area (Å²) in [6.07, 6.45) is 9.73. The van der Waals surface area contributed by atoms with E-state index in [0.29, 0.717) is 22.2 Å². The smallest absolute Gasteiger partial charge is 0.339 e. The molecule has 0 bridgehead atoms. The van der Waals surface area contributed by atoms with Crippen LogP contribution in [0.4, 0.5) is 0 Å². The molecule has 0 saturated carbocycles. The van der Waals surface area contributed by atoms with Crippen LogP contribution in [0.15, 0.2) is 18.2 Å². The van der Waals surface area contributed by atoms with Gasteiger partial charge in [-0.05, 0) is 24.6 Å². The molecule has 0 radical (unpaired) electrons. The van der Waals surface area contributed by atoms with Crippen LogP contribution < -0.4 is 0 Å². The summed E-state index contributed by atoms with van der Waals surface area (Å²) >= 11 is 11.8. The Balaban J connectivity index is 2.12. The SMILES string of the molecule is CCCCCCCCCCOC(=O)c1cc(Cl)ccc1Cl. The van der Waals surface area contributed by atoms with E-state index in [0.717, 1.165) is 12.8 Å². The summed E-state index contributed by atoms with van der Waals surface area (Å²) < 4.78 is 5.23. The fraction of sp³-hybridized carbons (Fsp3) is 0.588. The van der Waals surface area contributed by atoms with Gasteiger partial charge in [0, 0.05) is 5.02 Å². The van der Waals surface area contributed by atoms with Gasteiger partial charge in [-0.25, -0.2) is 4.79 Å². The molecule has 0 aromatic heterocycles. The Morgan fingerprint density at radius 3 is 2.29 bits per heavy atom. The first-order valence-electron chi connectivity index (χ1n) is 7.77. The van der Waals surface area contributed by atoms with Gasteiger partial charge in [0.1, 0.15) is 0 Å². The summed E-state index contributed by atoms with van der Waals surface area (Å²) in [5.41, 5.74) is 0.337. The first-order chi connectivity index (χ1) is 10.1. The van der Waals surface area contributed by atoms with E-state index in [1.54, 1.807) is 18.2 Å². The maximum atomic E-state index is 11.9. The molecular weight excluding hydrogens is 307 g/mol. The molecule has 0 aliphatic heterocycles. The number of hydrogen-bond acceptors (Lipinski definition) is 2. The molecule has 0 N–H and O–H groups in total. The van der Waals surface area contributed by atoms with E-state index in [4.69, 9.17) is 27.9 Å². The Labute approximate surface area is 137 Å².